The molecule has 14 heavy (non-hydrogen) atoms. The predicted octanol–water partition coefficient (Wildman–Crippen LogP) is 3.06. The molecule has 0 fully saturated rings. The number of allylic oxidation sites excluding steroid dienone is 1. The first-order valence-electron chi connectivity index (χ1n) is 5.09. The van der Waals surface area contributed by atoms with E-state index in [-0.39, 0.29) is 0 Å². The average Bonchev–Trinajstić information content (AvgIpc) is 2.18. The summed E-state index contributed by atoms with van der Waals surface area (Å²) in [5.41, 5.74) is 10.8. The summed E-state index contributed by atoms with van der Waals surface area (Å²) in [5, 5.41) is 0. The zero-order valence-corrected chi connectivity index (χ0v) is 9.30. The van der Waals surface area contributed by atoms with E-state index in [1.54, 1.807) is 0 Å². The SMILES string of the molecule is C/C(=C/CCN)c1ccc(C)c(C)c1. The van der Waals surface area contributed by atoms with Gasteiger partial charge < -0.3 is 5.73 Å². The van der Waals surface area contributed by atoms with Crippen LogP contribution in [0.4, 0.5) is 0 Å². The summed E-state index contributed by atoms with van der Waals surface area (Å²) in [6.45, 7) is 7.15. The number of nitrogens with two attached hydrogens (primary N) is 1. The van der Waals surface area contributed by atoms with Crippen LogP contribution in [-0.2, 0) is 0 Å². The molecule has 1 nitrogen and oxygen atoms in total. The van der Waals surface area contributed by atoms with Crippen LogP contribution >= 0.6 is 0 Å². The highest BCUT2D eigenvalue weighted by Crippen LogP contribution is 2.17. The summed E-state index contributed by atoms with van der Waals surface area (Å²) < 4.78 is 0. The maximum absolute atomic E-state index is 5.46. The number of aryl methyl sites for hydroxylation is 2. The molecule has 1 aromatic carbocycles. The van der Waals surface area contributed by atoms with E-state index in [1.807, 2.05) is 0 Å². The third kappa shape index (κ3) is 2.71. The van der Waals surface area contributed by atoms with Crippen LogP contribution in [0.3, 0.4) is 0 Å². The Kier molecular flexibility index (Phi) is 3.90. The molecule has 1 aromatic rings. The van der Waals surface area contributed by atoms with Crippen LogP contribution in [-0.4, -0.2) is 6.54 Å². The molecule has 0 bridgehead atoms. The molecular weight excluding hydrogens is 170 g/mol. The number of hydrogen-bond acceptors (Lipinski definition) is 1. The highest BCUT2D eigenvalue weighted by Gasteiger charge is 1.97. The van der Waals surface area contributed by atoms with Gasteiger partial charge in [-0.1, -0.05) is 24.3 Å². The Hall–Kier alpha value is -1.08. The molecule has 0 aliphatic heterocycles. The summed E-state index contributed by atoms with van der Waals surface area (Å²) in [6, 6.07) is 6.58. The first-order chi connectivity index (χ1) is 6.65. The Bertz CT molecular complexity index is 337. The maximum Gasteiger partial charge on any atom is -0.00424 e. The fourth-order valence-electron chi connectivity index (χ4n) is 1.40. The van der Waals surface area contributed by atoms with Crippen molar-refractivity contribution in [2.75, 3.05) is 6.54 Å². The lowest BCUT2D eigenvalue weighted by Gasteiger charge is -2.05. The molecule has 0 saturated heterocycles. The molecule has 0 aliphatic rings. The van der Waals surface area contributed by atoms with E-state index < -0.39 is 0 Å². The van der Waals surface area contributed by atoms with E-state index >= 15 is 0 Å². The lowest BCUT2D eigenvalue weighted by Crippen LogP contribution is -1.96. The van der Waals surface area contributed by atoms with Crippen molar-refractivity contribution in [2.45, 2.75) is 27.2 Å². The van der Waals surface area contributed by atoms with Crippen molar-refractivity contribution >= 4 is 5.57 Å². The summed E-state index contributed by atoms with van der Waals surface area (Å²) in [6.07, 6.45) is 3.16. The zero-order valence-electron chi connectivity index (χ0n) is 9.30. The van der Waals surface area contributed by atoms with Gasteiger partial charge >= 0.3 is 0 Å². The van der Waals surface area contributed by atoms with E-state index in [0.29, 0.717) is 0 Å². The second-order valence-electron chi connectivity index (χ2n) is 3.76. The predicted molar refractivity (Wildman–Crippen MR) is 63.2 cm³/mol. The molecule has 0 spiro atoms. The van der Waals surface area contributed by atoms with Crippen LogP contribution in [0.1, 0.15) is 30.0 Å². The lowest BCUT2D eigenvalue weighted by atomic mass is 10.0. The number of hydrogen-bond donors (Lipinski definition) is 1. The Morgan fingerprint density at radius 1 is 1.29 bits per heavy atom. The number of benzene rings is 1. The first-order valence-corrected chi connectivity index (χ1v) is 5.09. The van der Waals surface area contributed by atoms with Gasteiger partial charge in [0.2, 0.25) is 0 Å². The first kappa shape index (κ1) is 11.0. The van der Waals surface area contributed by atoms with Gasteiger partial charge in [0.15, 0.2) is 0 Å². The van der Waals surface area contributed by atoms with Crippen LogP contribution in [0, 0.1) is 13.8 Å². The van der Waals surface area contributed by atoms with Gasteiger partial charge in [-0.25, -0.2) is 0 Å². The molecule has 1 rings (SSSR count). The average molecular weight is 189 g/mol. The molecule has 2 N–H and O–H groups in total. The van der Waals surface area contributed by atoms with Gasteiger partial charge in [-0.05, 0) is 56.0 Å². The van der Waals surface area contributed by atoms with Crippen LogP contribution in [0.15, 0.2) is 24.3 Å². The minimum Gasteiger partial charge on any atom is -0.330 e. The molecule has 0 radical (unpaired) electrons. The molecule has 0 atom stereocenters. The molecule has 0 heterocycles. The summed E-state index contributed by atoms with van der Waals surface area (Å²) in [7, 11) is 0. The topological polar surface area (TPSA) is 26.0 Å². The van der Waals surface area contributed by atoms with Gasteiger partial charge in [-0.15, -0.1) is 0 Å². The second-order valence-corrected chi connectivity index (χ2v) is 3.76. The smallest absolute Gasteiger partial charge is 0.00424 e. The van der Waals surface area contributed by atoms with Crippen molar-refractivity contribution in [1.82, 2.24) is 0 Å². The Morgan fingerprint density at radius 3 is 2.57 bits per heavy atom. The highest BCUT2D eigenvalue weighted by atomic mass is 14.5. The van der Waals surface area contributed by atoms with E-state index in [0.717, 1.165) is 13.0 Å². The van der Waals surface area contributed by atoms with Gasteiger partial charge in [0.05, 0.1) is 0 Å². The van der Waals surface area contributed by atoms with Crippen molar-refractivity contribution in [2.24, 2.45) is 5.73 Å². The minimum atomic E-state index is 0.724. The van der Waals surface area contributed by atoms with Gasteiger partial charge in [-0.3, -0.25) is 0 Å². The van der Waals surface area contributed by atoms with Crippen molar-refractivity contribution in [3.05, 3.63) is 41.0 Å². The van der Waals surface area contributed by atoms with Crippen LogP contribution < -0.4 is 5.73 Å². The van der Waals surface area contributed by atoms with E-state index in [9.17, 15) is 0 Å². The highest BCUT2D eigenvalue weighted by molar-refractivity contribution is 5.64. The van der Waals surface area contributed by atoms with Gasteiger partial charge in [0.1, 0.15) is 0 Å². The lowest BCUT2D eigenvalue weighted by molar-refractivity contribution is 1.01. The van der Waals surface area contributed by atoms with Crippen LogP contribution in [0.25, 0.3) is 5.57 Å². The van der Waals surface area contributed by atoms with Gasteiger partial charge in [0.25, 0.3) is 0 Å². The zero-order chi connectivity index (χ0) is 10.6. The summed E-state index contributed by atoms with van der Waals surface area (Å²) in [4.78, 5) is 0. The molecule has 0 amide bonds. The molecular formula is C13H19N. The Morgan fingerprint density at radius 2 is 2.00 bits per heavy atom. The Labute approximate surface area is 86.6 Å². The third-order valence-corrected chi connectivity index (χ3v) is 2.58. The van der Waals surface area contributed by atoms with Gasteiger partial charge in [-0.2, -0.15) is 0 Å². The Balaban J connectivity index is 2.91. The second kappa shape index (κ2) is 4.97. The third-order valence-electron chi connectivity index (χ3n) is 2.58. The van der Waals surface area contributed by atoms with E-state index in [1.165, 1.54) is 22.3 Å². The molecule has 0 aromatic heterocycles. The molecule has 76 valence electrons. The van der Waals surface area contributed by atoms with Crippen molar-refractivity contribution in [3.63, 3.8) is 0 Å². The molecule has 0 saturated carbocycles. The summed E-state index contributed by atoms with van der Waals surface area (Å²) >= 11 is 0. The minimum absolute atomic E-state index is 0.724. The molecule has 0 aliphatic carbocycles. The van der Waals surface area contributed by atoms with Crippen molar-refractivity contribution in [1.29, 1.82) is 0 Å². The maximum atomic E-state index is 5.46. The van der Waals surface area contributed by atoms with Crippen molar-refractivity contribution < 1.29 is 0 Å². The fraction of sp³-hybridized carbons (Fsp3) is 0.385. The molecule has 1 heteroatoms. The van der Waals surface area contributed by atoms with Gasteiger partial charge in [0, 0.05) is 0 Å². The number of rotatable bonds is 3. The van der Waals surface area contributed by atoms with Crippen LogP contribution in [0.2, 0.25) is 0 Å². The monoisotopic (exact) mass is 189 g/mol. The fourth-order valence-corrected chi connectivity index (χ4v) is 1.40. The quantitative estimate of drug-likeness (QED) is 0.777. The van der Waals surface area contributed by atoms with Crippen LogP contribution in [0.5, 0.6) is 0 Å². The van der Waals surface area contributed by atoms with E-state index in [4.69, 9.17) is 5.73 Å². The van der Waals surface area contributed by atoms with E-state index in [2.05, 4.69) is 45.0 Å². The molecule has 0 unspecified atom stereocenters. The summed E-state index contributed by atoms with van der Waals surface area (Å²) in [5.74, 6) is 0. The standard InChI is InChI=1S/C13H19N/c1-10-6-7-13(9-12(10)3)11(2)5-4-8-14/h5-7,9H,4,8,14H2,1-3H3/b11-5-. The van der Waals surface area contributed by atoms with Crippen molar-refractivity contribution in [3.8, 4) is 0 Å². The normalized spacial score (nSPS) is 11.9. The largest absolute Gasteiger partial charge is 0.330 e.